The van der Waals surface area contributed by atoms with Crippen LogP contribution in [0.2, 0.25) is 0 Å². The van der Waals surface area contributed by atoms with Crippen molar-refractivity contribution in [3.63, 3.8) is 0 Å². The van der Waals surface area contributed by atoms with Crippen LogP contribution in [0.1, 0.15) is 0 Å². The van der Waals surface area contributed by atoms with Gasteiger partial charge in [0.2, 0.25) is 0 Å². The minimum atomic E-state index is 0.299. The van der Waals surface area contributed by atoms with Crippen LogP contribution < -0.4 is 0 Å². The molecule has 0 aromatic carbocycles. The molecule has 1 aliphatic heterocycles. The first-order chi connectivity index (χ1) is 3.80. The third-order valence-corrected chi connectivity index (χ3v) is 2.82. The van der Waals surface area contributed by atoms with E-state index in [9.17, 15) is 0 Å². The zero-order chi connectivity index (χ0) is 5.98. The van der Waals surface area contributed by atoms with Crippen molar-refractivity contribution < 1.29 is 0 Å². The summed E-state index contributed by atoms with van der Waals surface area (Å²) in [6.45, 7) is 0. The van der Waals surface area contributed by atoms with Crippen molar-refractivity contribution in [3.8, 4) is 0 Å². The molecule has 0 spiro atoms. The zero-order valence-corrected chi connectivity index (χ0v) is 7.26. The first-order valence-electron chi connectivity index (χ1n) is 2.24. The lowest BCUT2D eigenvalue weighted by atomic mass is 9.92. The highest BCUT2D eigenvalue weighted by molar-refractivity contribution is 9.25. The minimum Gasteiger partial charge on any atom is -0.343 e. The number of halogens is 2. The van der Waals surface area contributed by atoms with E-state index in [0.717, 1.165) is 0 Å². The molecule has 1 heterocycles. The van der Waals surface area contributed by atoms with Gasteiger partial charge < -0.3 is 3.84 Å². The molecule has 0 unspecified atom stereocenters. The van der Waals surface area contributed by atoms with Gasteiger partial charge in [-0.2, -0.15) is 0 Å². The van der Waals surface area contributed by atoms with E-state index in [4.69, 9.17) is 0 Å². The van der Waals surface area contributed by atoms with E-state index < -0.39 is 0 Å². The SMILES string of the molecule is BrB1C=CC=CN1Br. The smallest absolute Gasteiger partial charge is 0.343 e. The van der Waals surface area contributed by atoms with E-state index in [-0.39, 0.29) is 0 Å². The normalized spacial score (nSPS) is 17.8. The second-order valence-electron chi connectivity index (χ2n) is 1.44. The zero-order valence-electron chi connectivity index (χ0n) is 4.09. The molecule has 0 bridgehead atoms. The van der Waals surface area contributed by atoms with Crippen LogP contribution in [0.25, 0.3) is 0 Å². The molecule has 0 saturated heterocycles. The molecule has 1 nitrogen and oxygen atoms in total. The van der Waals surface area contributed by atoms with Gasteiger partial charge in [0.05, 0.1) is 0 Å². The third kappa shape index (κ3) is 1.39. The molecule has 4 heteroatoms. The maximum atomic E-state index is 3.39. The van der Waals surface area contributed by atoms with Crippen molar-refractivity contribution in [1.82, 2.24) is 3.84 Å². The quantitative estimate of drug-likeness (QED) is 0.460. The van der Waals surface area contributed by atoms with Gasteiger partial charge >= 0.3 is 5.67 Å². The molecule has 0 fully saturated rings. The summed E-state index contributed by atoms with van der Waals surface area (Å²) in [4.78, 5) is 0. The van der Waals surface area contributed by atoms with Gasteiger partial charge in [-0.1, -0.05) is 12.1 Å². The summed E-state index contributed by atoms with van der Waals surface area (Å²) >= 11 is 6.70. The summed E-state index contributed by atoms with van der Waals surface area (Å²) in [7, 11) is 0. The van der Waals surface area contributed by atoms with Crippen LogP contribution >= 0.6 is 31.9 Å². The highest BCUT2D eigenvalue weighted by Gasteiger charge is 2.11. The van der Waals surface area contributed by atoms with Crippen molar-refractivity contribution >= 4 is 37.6 Å². The van der Waals surface area contributed by atoms with Gasteiger partial charge in [0, 0.05) is 16.1 Å². The van der Waals surface area contributed by atoms with Crippen LogP contribution in [0.3, 0.4) is 0 Å². The topological polar surface area (TPSA) is 3.24 Å². The maximum absolute atomic E-state index is 3.39. The predicted octanol–water partition coefficient (Wildman–Crippen LogP) is 2.10. The lowest BCUT2D eigenvalue weighted by Crippen LogP contribution is -2.19. The van der Waals surface area contributed by atoms with Crippen molar-refractivity contribution in [1.29, 1.82) is 0 Å². The van der Waals surface area contributed by atoms with E-state index in [2.05, 4.69) is 31.9 Å². The summed E-state index contributed by atoms with van der Waals surface area (Å²) in [5, 5.41) is 0. The molecule has 0 amide bonds. The van der Waals surface area contributed by atoms with Crippen molar-refractivity contribution in [2.75, 3.05) is 0 Å². The first kappa shape index (κ1) is 6.43. The van der Waals surface area contributed by atoms with Gasteiger partial charge in [-0.25, -0.2) is 0 Å². The number of rotatable bonds is 0. The van der Waals surface area contributed by atoms with E-state index in [1.165, 1.54) is 0 Å². The van der Waals surface area contributed by atoms with E-state index in [0.29, 0.717) is 5.67 Å². The molecule has 1 rings (SSSR count). The van der Waals surface area contributed by atoms with E-state index in [1.807, 2.05) is 28.2 Å². The fraction of sp³-hybridized carbons (Fsp3) is 0. The second kappa shape index (κ2) is 2.73. The Morgan fingerprint density at radius 1 is 1.38 bits per heavy atom. The van der Waals surface area contributed by atoms with Crippen LogP contribution in [-0.4, -0.2) is 9.51 Å². The molecule has 0 N–H and O–H groups in total. The summed E-state index contributed by atoms with van der Waals surface area (Å²) in [5.74, 6) is 2.04. The second-order valence-corrected chi connectivity index (χ2v) is 3.20. The largest absolute Gasteiger partial charge is 0.369 e. The van der Waals surface area contributed by atoms with Gasteiger partial charge in [-0.05, 0) is 12.3 Å². The van der Waals surface area contributed by atoms with E-state index >= 15 is 0 Å². The molecule has 0 aromatic rings. The van der Waals surface area contributed by atoms with Gasteiger partial charge in [0.25, 0.3) is 0 Å². The summed E-state index contributed by atoms with van der Waals surface area (Å²) in [5.41, 5.74) is 0.299. The molecule has 0 atom stereocenters. The molecule has 42 valence electrons. The molecule has 0 aromatic heterocycles. The highest BCUT2D eigenvalue weighted by atomic mass is 79.9. The van der Waals surface area contributed by atoms with Crippen molar-refractivity contribution in [2.24, 2.45) is 0 Å². The lowest BCUT2D eigenvalue weighted by Gasteiger charge is -2.13. The van der Waals surface area contributed by atoms with Crippen molar-refractivity contribution in [3.05, 3.63) is 24.3 Å². The Bertz CT molecular complexity index is 118. The molecular weight excluding hydrogens is 233 g/mol. The van der Waals surface area contributed by atoms with Gasteiger partial charge in [0.15, 0.2) is 0 Å². The summed E-state index contributed by atoms with van der Waals surface area (Å²) in [6, 6.07) is 0. The van der Waals surface area contributed by atoms with Gasteiger partial charge in [0.1, 0.15) is 0 Å². The van der Waals surface area contributed by atoms with Crippen molar-refractivity contribution in [2.45, 2.75) is 0 Å². The van der Waals surface area contributed by atoms with Crippen LogP contribution in [-0.2, 0) is 0 Å². The fourth-order valence-corrected chi connectivity index (χ4v) is 1.04. The summed E-state index contributed by atoms with van der Waals surface area (Å²) in [6.07, 6.45) is 5.91. The Balaban J connectivity index is 2.59. The standard InChI is InChI=1S/C4H4BBr2N/c6-5-3-1-2-4-8(5)7/h1-4H. The molecule has 1 aliphatic rings. The monoisotopic (exact) mass is 235 g/mol. The van der Waals surface area contributed by atoms with Crippen LogP contribution in [0.5, 0.6) is 0 Å². The average Bonchev–Trinajstić information content (AvgIpc) is 1.77. The Hall–Kier alpha value is 0.305. The molecular formula is C4H4BBr2N. The predicted molar refractivity (Wildman–Crippen MR) is 43.7 cm³/mol. The Morgan fingerprint density at radius 2 is 2.12 bits per heavy atom. The van der Waals surface area contributed by atoms with E-state index in [1.54, 1.807) is 0 Å². The summed E-state index contributed by atoms with van der Waals surface area (Å²) < 4.78 is 1.90. The fourth-order valence-electron chi connectivity index (χ4n) is 0.452. The first-order valence-corrected chi connectivity index (χ1v) is 3.86. The number of hydrogen-bond donors (Lipinski definition) is 0. The molecule has 0 saturated carbocycles. The number of hydrogen-bond acceptors (Lipinski definition) is 1. The maximum Gasteiger partial charge on any atom is 0.369 e. The van der Waals surface area contributed by atoms with Gasteiger partial charge in [-0.3, -0.25) is 0 Å². The van der Waals surface area contributed by atoms with Gasteiger partial charge in [-0.15, -0.1) is 15.8 Å². The molecule has 0 aliphatic carbocycles. The number of allylic oxidation sites excluding steroid dienone is 2. The van der Waals surface area contributed by atoms with Crippen LogP contribution in [0, 0.1) is 0 Å². The van der Waals surface area contributed by atoms with Crippen LogP contribution in [0.15, 0.2) is 24.3 Å². The highest BCUT2D eigenvalue weighted by Crippen LogP contribution is 2.13. The minimum absolute atomic E-state index is 0.299. The lowest BCUT2D eigenvalue weighted by molar-refractivity contribution is 1.02. The Labute approximate surface area is 65.8 Å². The average molecular weight is 237 g/mol. The molecule has 0 radical (unpaired) electrons. The third-order valence-electron chi connectivity index (χ3n) is 0.845. The Morgan fingerprint density at radius 3 is 2.50 bits per heavy atom. The molecule has 8 heavy (non-hydrogen) atoms. The Kier molecular flexibility index (Phi) is 2.20. The van der Waals surface area contributed by atoms with Crippen LogP contribution in [0.4, 0.5) is 0 Å². The number of nitrogens with zero attached hydrogens (tertiary/aromatic N) is 1.